The maximum atomic E-state index is 11.7. The van der Waals surface area contributed by atoms with Crippen LogP contribution in [0.3, 0.4) is 0 Å². The Hall–Kier alpha value is -1.36. The van der Waals surface area contributed by atoms with Gasteiger partial charge < -0.3 is 15.6 Å². The van der Waals surface area contributed by atoms with Crippen LogP contribution in [0, 0.1) is 13.8 Å². The van der Waals surface area contributed by atoms with Gasteiger partial charge in [-0.15, -0.1) is 0 Å². The van der Waals surface area contributed by atoms with E-state index in [0.29, 0.717) is 6.42 Å². The van der Waals surface area contributed by atoms with Gasteiger partial charge in [0.15, 0.2) is 0 Å². The maximum absolute atomic E-state index is 11.7. The quantitative estimate of drug-likeness (QED) is 0.817. The van der Waals surface area contributed by atoms with Crippen LogP contribution in [0.15, 0.2) is 4.52 Å². The number of aromatic nitrogens is 1. The highest BCUT2D eigenvalue weighted by atomic mass is 16.5. The molecule has 1 heterocycles. The van der Waals surface area contributed by atoms with Crippen molar-refractivity contribution in [3.05, 3.63) is 17.0 Å². The highest BCUT2D eigenvalue weighted by Gasteiger charge is 2.18. The molecule has 1 amide bonds. The zero-order valence-corrected chi connectivity index (χ0v) is 10.9. The monoisotopic (exact) mass is 239 g/mol. The molecule has 96 valence electrons. The van der Waals surface area contributed by atoms with Gasteiger partial charge >= 0.3 is 0 Å². The molecule has 0 bridgehead atoms. The standard InChI is InChI=1S/C12H21N3O2/c1-5-10(13)6-11(16)14-7(2)12-8(3)15-17-9(12)4/h7,10H,5-6,13H2,1-4H3,(H,14,16). The van der Waals surface area contributed by atoms with Gasteiger partial charge in [0.25, 0.3) is 0 Å². The Bertz CT molecular complexity index is 368. The summed E-state index contributed by atoms with van der Waals surface area (Å²) in [6.45, 7) is 7.60. The predicted octanol–water partition coefficient (Wildman–Crippen LogP) is 1.60. The van der Waals surface area contributed by atoms with Crippen molar-refractivity contribution in [2.24, 2.45) is 5.73 Å². The number of nitrogens with two attached hydrogens (primary N) is 1. The minimum absolute atomic E-state index is 0.0353. The summed E-state index contributed by atoms with van der Waals surface area (Å²) in [4.78, 5) is 11.7. The van der Waals surface area contributed by atoms with Gasteiger partial charge in [-0.1, -0.05) is 12.1 Å². The summed E-state index contributed by atoms with van der Waals surface area (Å²) < 4.78 is 5.07. The summed E-state index contributed by atoms with van der Waals surface area (Å²) in [6, 6.07) is -0.176. The predicted molar refractivity (Wildman–Crippen MR) is 65.4 cm³/mol. The topological polar surface area (TPSA) is 81.2 Å². The van der Waals surface area contributed by atoms with E-state index < -0.39 is 0 Å². The Kier molecular flexibility index (Phi) is 4.69. The van der Waals surface area contributed by atoms with Crippen molar-refractivity contribution in [2.75, 3.05) is 0 Å². The van der Waals surface area contributed by atoms with Gasteiger partial charge in [0.05, 0.1) is 11.7 Å². The largest absolute Gasteiger partial charge is 0.361 e. The van der Waals surface area contributed by atoms with Crippen LogP contribution >= 0.6 is 0 Å². The fraction of sp³-hybridized carbons (Fsp3) is 0.667. The van der Waals surface area contributed by atoms with Crippen molar-refractivity contribution in [2.45, 2.75) is 52.6 Å². The van der Waals surface area contributed by atoms with E-state index in [1.54, 1.807) is 0 Å². The van der Waals surface area contributed by atoms with E-state index in [1.165, 1.54) is 0 Å². The van der Waals surface area contributed by atoms with Crippen LogP contribution in [-0.4, -0.2) is 17.1 Å². The molecule has 1 aromatic rings. The first-order chi connectivity index (χ1) is 7.95. The first-order valence-electron chi connectivity index (χ1n) is 5.93. The number of hydrogen-bond acceptors (Lipinski definition) is 4. The molecule has 0 aliphatic carbocycles. The van der Waals surface area contributed by atoms with E-state index in [-0.39, 0.29) is 18.0 Å². The summed E-state index contributed by atoms with van der Waals surface area (Å²) in [5.74, 6) is 0.710. The molecule has 1 aromatic heterocycles. The first-order valence-corrected chi connectivity index (χ1v) is 5.93. The lowest BCUT2D eigenvalue weighted by Gasteiger charge is -2.15. The Balaban J connectivity index is 2.61. The second-order valence-electron chi connectivity index (χ2n) is 4.40. The average Bonchev–Trinajstić information content (AvgIpc) is 2.57. The molecule has 0 aliphatic heterocycles. The summed E-state index contributed by atoms with van der Waals surface area (Å²) in [5.41, 5.74) is 7.50. The molecular formula is C12H21N3O2. The van der Waals surface area contributed by atoms with Crippen molar-refractivity contribution in [3.63, 3.8) is 0 Å². The number of nitrogens with zero attached hydrogens (tertiary/aromatic N) is 1. The van der Waals surface area contributed by atoms with Gasteiger partial charge in [0.2, 0.25) is 5.91 Å². The Morgan fingerprint density at radius 1 is 1.53 bits per heavy atom. The zero-order valence-electron chi connectivity index (χ0n) is 10.9. The number of aryl methyl sites for hydroxylation is 2. The van der Waals surface area contributed by atoms with Crippen LogP contribution in [0.25, 0.3) is 0 Å². The molecule has 0 saturated heterocycles. The van der Waals surface area contributed by atoms with Gasteiger partial charge in [0, 0.05) is 18.0 Å². The highest BCUT2D eigenvalue weighted by Crippen LogP contribution is 2.20. The van der Waals surface area contributed by atoms with E-state index in [2.05, 4.69) is 10.5 Å². The Labute approximate surface area is 102 Å². The molecule has 0 fully saturated rings. The van der Waals surface area contributed by atoms with Crippen LogP contribution < -0.4 is 11.1 Å². The van der Waals surface area contributed by atoms with E-state index in [0.717, 1.165) is 23.4 Å². The molecule has 0 saturated carbocycles. The van der Waals surface area contributed by atoms with E-state index in [4.69, 9.17) is 10.3 Å². The van der Waals surface area contributed by atoms with Crippen LogP contribution in [0.5, 0.6) is 0 Å². The van der Waals surface area contributed by atoms with Gasteiger partial charge in [-0.05, 0) is 27.2 Å². The number of amides is 1. The molecule has 0 radical (unpaired) electrons. The van der Waals surface area contributed by atoms with Crippen LogP contribution in [0.4, 0.5) is 0 Å². The van der Waals surface area contributed by atoms with Crippen molar-refractivity contribution in [3.8, 4) is 0 Å². The smallest absolute Gasteiger partial charge is 0.222 e. The summed E-state index contributed by atoms with van der Waals surface area (Å²) in [5, 5.41) is 6.78. The van der Waals surface area contributed by atoms with Gasteiger partial charge in [-0.3, -0.25) is 4.79 Å². The number of nitrogens with one attached hydrogen (secondary N) is 1. The van der Waals surface area contributed by atoms with Crippen LogP contribution in [0.2, 0.25) is 0 Å². The molecular weight excluding hydrogens is 218 g/mol. The fourth-order valence-electron chi connectivity index (χ4n) is 1.86. The van der Waals surface area contributed by atoms with Gasteiger partial charge in [0.1, 0.15) is 5.76 Å². The molecule has 17 heavy (non-hydrogen) atoms. The normalized spacial score (nSPS) is 14.4. The Morgan fingerprint density at radius 3 is 2.65 bits per heavy atom. The molecule has 0 spiro atoms. The minimum atomic E-state index is -0.0993. The lowest BCUT2D eigenvalue weighted by atomic mass is 10.1. The maximum Gasteiger partial charge on any atom is 0.222 e. The third kappa shape index (κ3) is 3.56. The molecule has 2 unspecified atom stereocenters. The lowest BCUT2D eigenvalue weighted by Crippen LogP contribution is -2.33. The molecule has 5 nitrogen and oxygen atoms in total. The zero-order chi connectivity index (χ0) is 13.0. The van der Waals surface area contributed by atoms with Crippen molar-refractivity contribution < 1.29 is 9.32 Å². The van der Waals surface area contributed by atoms with E-state index in [1.807, 2.05) is 27.7 Å². The van der Waals surface area contributed by atoms with Crippen molar-refractivity contribution in [1.82, 2.24) is 10.5 Å². The SMILES string of the molecule is CCC(N)CC(=O)NC(C)c1c(C)noc1C. The van der Waals surface area contributed by atoms with Crippen molar-refractivity contribution in [1.29, 1.82) is 0 Å². The summed E-state index contributed by atoms with van der Waals surface area (Å²) in [7, 11) is 0. The van der Waals surface area contributed by atoms with Gasteiger partial charge in [-0.2, -0.15) is 0 Å². The number of carbonyl (C=O) groups is 1. The molecule has 5 heteroatoms. The molecule has 1 rings (SSSR count). The number of hydrogen-bond donors (Lipinski definition) is 2. The number of rotatable bonds is 5. The molecule has 0 aliphatic rings. The van der Waals surface area contributed by atoms with E-state index >= 15 is 0 Å². The summed E-state index contributed by atoms with van der Waals surface area (Å²) in [6.07, 6.45) is 1.15. The molecule has 3 N–H and O–H groups in total. The lowest BCUT2D eigenvalue weighted by molar-refractivity contribution is -0.122. The average molecular weight is 239 g/mol. The summed E-state index contributed by atoms with van der Waals surface area (Å²) >= 11 is 0. The highest BCUT2D eigenvalue weighted by molar-refractivity contribution is 5.77. The van der Waals surface area contributed by atoms with Crippen LogP contribution in [0.1, 0.15) is 49.7 Å². The third-order valence-electron chi connectivity index (χ3n) is 2.87. The molecule has 2 atom stereocenters. The Morgan fingerprint density at radius 2 is 2.18 bits per heavy atom. The van der Waals surface area contributed by atoms with Gasteiger partial charge in [-0.25, -0.2) is 0 Å². The van der Waals surface area contributed by atoms with E-state index in [9.17, 15) is 4.79 Å². The first kappa shape index (κ1) is 13.7. The fourth-order valence-corrected chi connectivity index (χ4v) is 1.86. The molecule has 0 aromatic carbocycles. The van der Waals surface area contributed by atoms with Crippen LogP contribution in [-0.2, 0) is 4.79 Å². The number of carbonyl (C=O) groups excluding carboxylic acids is 1. The minimum Gasteiger partial charge on any atom is -0.361 e. The second-order valence-corrected chi connectivity index (χ2v) is 4.40. The van der Waals surface area contributed by atoms with Crippen molar-refractivity contribution >= 4 is 5.91 Å². The third-order valence-corrected chi connectivity index (χ3v) is 2.87. The second kappa shape index (κ2) is 5.82.